The van der Waals surface area contributed by atoms with E-state index in [1.54, 1.807) is 0 Å². The zero-order chi connectivity index (χ0) is 16.3. The summed E-state index contributed by atoms with van der Waals surface area (Å²) < 4.78 is 4.44. The molecule has 0 bridgehead atoms. The molecular weight excluding hydrogens is 278 g/mol. The van der Waals surface area contributed by atoms with E-state index >= 15 is 0 Å². The second-order valence-electron chi connectivity index (χ2n) is 4.43. The van der Waals surface area contributed by atoms with Crippen LogP contribution in [0.5, 0.6) is 0 Å². The van der Waals surface area contributed by atoms with Crippen molar-refractivity contribution in [1.82, 2.24) is 15.5 Å². The summed E-state index contributed by atoms with van der Waals surface area (Å²) in [5.41, 5.74) is 0. The number of carbonyl (C=O) groups excluding carboxylic acids is 2. The lowest BCUT2D eigenvalue weighted by Crippen LogP contribution is -2.47. The normalized spacial score (nSPS) is 11.8. The lowest BCUT2D eigenvalue weighted by molar-refractivity contribution is -0.142. The van der Waals surface area contributed by atoms with E-state index in [2.05, 4.69) is 20.3 Å². The van der Waals surface area contributed by atoms with E-state index in [1.807, 2.05) is 13.8 Å². The Bertz CT molecular complexity index is 345. The smallest absolute Gasteiger partial charge is 0.326 e. The predicted molar refractivity (Wildman–Crippen MR) is 77.0 cm³/mol. The Morgan fingerprint density at radius 3 is 2.33 bits per heavy atom. The van der Waals surface area contributed by atoms with E-state index in [9.17, 15) is 14.4 Å². The highest BCUT2D eigenvalue weighted by Crippen LogP contribution is 1.99. The number of nitrogens with zero attached hydrogens (tertiary/aromatic N) is 1. The maximum Gasteiger partial charge on any atom is 0.326 e. The summed E-state index contributed by atoms with van der Waals surface area (Å²) in [6.45, 7) is 6.94. The van der Waals surface area contributed by atoms with Crippen LogP contribution in [0.1, 0.15) is 26.7 Å². The maximum atomic E-state index is 11.6. The highest BCUT2D eigenvalue weighted by Gasteiger charge is 2.21. The van der Waals surface area contributed by atoms with Crippen molar-refractivity contribution in [1.29, 1.82) is 0 Å². The molecule has 122 valence electrons. The lowest BCUT2D eigenvalue weighted by atomic mass is 10.1. The summed E-state index contributed by atoms with van der Waals surface area (Å²) in [4.78, 5) is 35.7. The number of hydrogen-bond donors (Lipinski definition) is 3. The first-order valence-corrected chi connectivity index (χ1v) is 7.00. The molecule has 0 aliphatic heterocycles. The molecule has 2 amide bonds. The van der Waals surface area contributed by atoms with E-state index in [4.69, 9.17) is 5.11 Å². The van der Waals surface area contributed by atoms with Crippen molar-refractivity contribution in [2.75, 3.05) is 33.3 Å². The molecule has 0 heterocycles. The minimum atomic E-state index is -1.18. The molecule has 0 saturated carbocycles. The van der Waals surface area contributed by atoms with Gasteiger partial charge in [-0.05, 0) is 19.5 Å². The van der Waals surface area contributed by atoms with Gasteiger partial charge in [0, 0.05) is 19.5 Å². The zero-order valence-electron chi connectivity index (χ0n) is 12.8. The molecule has 0 rings (SSSR count). The molecule has 0 aliphatic carbocycles. The van der Waals surface area contributed by atoms with E-state index in [-0.39, 0.29) is 12.8 Å². The number of carbonyl (C=O) groups is 3. The Kier molecular flexibility index (Phi) is 9.95. The van der Waals surface area contributed by atoms with Crippen molar-refractivity contribution in [3.63, 3.8) is 0 Å². The van der Waals surface area contributed by atoms with E-state index in [0.717, 1.165) is 13.1 Å². The van der Waals surface area contributed by atoms with Gasteiger partial charge in [0.2, 0.25) is 0 Å². The van der Waals surface area contributed by atoms with E-state index < -0.39 is 24.0 Å². The van der Waals surface area contributed by atoms with Gasteiger partial charge in [0.15, 0.2) is 0 Å². The third-order valence-electron chi connectivity index (χ3n) is 3.08. The monoisotopic (exact) mass is 303 g/mol. The van der Waals surface area contributed by atoms with Crippen LogP contribution in [0.3, 0.4) is 0 Å². The highest BCUT2D eigenvalue weighted by atomic mass is 16.5. The van der Waals surface area contributed by atoms with Crippen molar-refractivity contribution in [3.8, 4) is 0 Å². The Labute approximate surface area is 124 Å². The number of rotatable bonds is 10. The first kappa shape index (κ1) is 19.2. The third-order valence-corrected chi connectivity index (χ3v) is 3.08. The van der Waals surface area contributed by atoms with Crippen LogP contribution in [-0.4, -0.2) is 67.3 Å². The Balaban J connectivity index is 4.11. The number of carboxylic acids is 1. The number of hydrogen-bond acceptors (Lipinski definition) is 5. The predicted octanol–water partition coefficient (Wildman–Crippen LogP) is 0.0338. The lowest BCUT2D eigenvalue weighted by Gasteiger charge is -2.19. The van der Waals surface area contributed by atoms with Crippen molar-refractivity contribution in [2.45, 2.75) is 32.7 Å². The number of urea groups is 1. The second kappa shape index (κ2) is 10.9. The van der Waals surface area contributed by atoms with Crippen molar-refractivity contribution in [2.24, 2.45) is 0 Å². The van der Waals surface area contributed by atoms with Crippen LogP contribution in [0.15, 0.2) is 0 Å². The average Bonchev–Trinajstić information content (AvgIpc) is 2.47. The molecule has 0 aromatic rings. The van der Waals surface area contributed by atoms with Gasteiger partial charge in [0.25, 0.3) is 0 Å². The SMILES string of the molecule is CCN(CC)CCNC(=O)N[C@@H](CCC(=O)OC)C(=O)O. The summed E-state index contributed by atoms with van der Waals surface area (Å²) in [7, 11) is 1.23. The van der Waals surface area contributed by atoms with E-state index in [1.165, 1.54) is 7.11 Å². The van der Waals surface area contributed by atoms with Gasteiger partial charge in [-0.1, -0.05) is 13.8 Å². The van der Waals surface area contributed by atoms with Crippen LogP contribution in [0.4, 0.5) is 4.79 Å². The molecule has 0 aliphatic rings. The zero-order valence-corrected chi connectivity index (χ0v) is 12.8. The minimum absolute atomic E-state index is 0.00846. The van der Waals surface area contributed by atoms with E-state index in [0.29, 0.717) is 13.1 Å². The summed E-state index contributed by atoms with van der Waals surface area (Å²) in [5.74, 6) is -1.69. The summed E-state index contributed by atoms with van der Waals surface area (Å²) in [6, 6.07) is -1.67. The third kappa shape index (κ3) is 8.85. The molecule has 8 heteroatoms. The number of ether oxygens (including phenoxy) is 1. The van der Waals surface area contributed by atoms with Crippen LogP contribution in [0.25, 0.3) is 0 Å². The molecule has 21 heavy (non-hydrogen) atoms. The van der Waals surface area contributed by atoms with Crippen LogP contribution >= 0.6 is 0 Å². The molecule has 0 fully saturated rings. The molecule has 3 N–H and O–H groups in total. The molecule has 0 spiro atoms. The Morgan fingerprint density at radius 1 is 1.24 bits per heavy atom. The van der Waals surface area contributed by atoms with Crippen LogP contribution in [0, 0.1) is 0 Å². The topological polar surface area (TPSA) is 108 Å². The van der Waals surface area contributed by atoms with Gasteiger partial charge >= 0.3 is 18.0 Å². The first-order chi connectivity index (χ1) is 9.94. The molecule has 0 aromatic carbocycles. The largest absolute Gasteiger partial charge is 0.480 e. The maximum absolute atomic E-state index is 11.6. The summed E-state index contributed by atoms with van der Waals surface area (Å²) >= 11 is 0. The standard InChI is InChI=1S/C13H25N3O5/c1-4-16(5-2)9-8-14-13(20)15-10(12(18)19)6-7-11(17)21-3/h10H,4-9H2,1-3H3,(H,18,19)(H2,14,15,20)/t10-/m0/s1. The number of aliphatic carboxylic acids is 1. The van der Waals surface area contributed by atoms with Gasteiger partial charge in [-0.25, -0.2) is 9.59 Å². The Hall–Kier alpha value is -1.83. The number of carboxylic acid groups (broad SMARTS) is 1. The van der Waals surface area contributed by atoms with Crippen LogP contribution < -0.4 is 10.6 Å². The number of esters is 1. The minimum Gasteiger partial charge on any atom is -0.480 e. The molecule has 0 aromatic heterocycles. The van der Waals surface area contributed by atoms with Gasteiger partial charge in [0.1, 0.15) is 6.04 Å². The van der Waals surface area contributed by atoms with Gasteiger partial charge in [-0.15, -0.1) is 0 Å². The molecule has 1 atom stereocenters. The fourth-order valence-corrected chi connectivity index (χ4v) is 1.70. The van der Waals surface area contributed by atoms with Crippen LogP contribution in [-0.2, 0) is 14.3 Å². The quantitative estimate of drug-likeness (QED) is 0.492. The Morgan fingerprint density at radius 2 is 1.86 bits per heavy atom. The number of likely N-dealkylation sites (N-methyl/N-ethyl adjacent to an activating group) is 1. The second-order valence-corrected chi connectivity index (χ2v) is 4.43. The molecule has 0 saturated heterocycles. The van der Waals surface area contributed by atoms with Crippen molar-refractivity contribution < 1.29 is 24.2 Å². The highest BCUT2D eigenvalue weighted by molar-refractivity contribution is 5.83. The number of methoxy groups -OCH3 is 1. The summed E-state index contributed by atoms with van der Waals surface area (Å²) in [5, 5.41) is 13.9. The van der Waals surface area contributed by atoms with Crippen molar-refractivity contribution in [3.05, 3.63) is 0 Å². The van der Waals surface area contributed by atoms with Crippen molar-refractivity contribution >= 4 is 18.0 Å². The number of nitrogens with one attached hydrogen (secondary N) is 2. The van der Waals surface area contributed by atoms with Gasteiger partial charge < -0.3 is 25.4 Å². The summed E-state index contributed by atoms with van der Waals surface area (Å²) in [6.07, 6.45) is -0.0708. The van der Waals surface area contributed by atoms with Gasteiger partial charge in [-0.3, -0.25) is 4.79 Å². The fraction of sp³-hybridized carbons (Fsp3) is 0.769. The van der Waals surface area contributed by atoms with Gasteiger partial charge in [-0.2, -0.15) is 0 Å². The fourth-order valence-electron chi connectivity index (χ4n) is 1.70. The molecule has 0 radical (unpaired) electrons. The molecule has 8 nitrogen and oxygen atoms in total. The number of amides is 2. The van der Waals surface area contributed by atoms with Gasteiger partial charge in [0.05, 0.1) is 7.11 Å². The average molecular weight is 303 g/mol. The first-order valence-electron chi connectivity index (χ1n) is 7.00. The molecule has 0 unspecified atom stereocenters. The van der Waals surface area contributed by atoms with Crippen LogP contribution in [0.2, 0.25) is 0 Å². The molecular formula is C13H25N3O5.